The molecule has 0 aromatic carbocycles. The Hall–Kier alpha value is -1.94. The van der Waals surface area contributed by atoms with Crippen molar-refractivity contribution in [1.82, 2.24) is 0 Å². The van der Waals surface area contributed by atoms with Crippen LogP contribution in [-0.2, 0) is 65.4 Å². The van der Waals surface area contributed by atoms with Crippen molar-refractivity contribution in [2.45, 2.75) is 324 Å². The fourth-order valence-corrected chi connectivity index (χ4v) is 10.9. The fourth-order valence-electron chi connectivity index (χ4n) is 9.30. The first kappa shape index (κ1) is 80.1. The number of unbranched alkanes of at least 4 members (excludes halogenated alkanes) is 29. The van der Waals surface area contributed by atoms with Crippen LogP contribution in [0.1, 0.15) is 305 Å². The van der Waals surface area contributed by atoms with Crippen LogP contribution in [0.4, 0.5) is 0 Å². The van der Waals surface area contributed by atoms with Gasteiger partial charge in [-0.15, -0.1) is 0 Å². The number of carbonyl (C=O) groups is 4. The van der Waals surface area contributed by atoms with Crippen molar-refractivity contribution < 1.29 is 80.2 Å². The molecule has 0 fully saturated rings. The molecule has 19 heteroatoms. The predicted octanol–water partition coefficient (Wildman–Crippen LogP) is 17.1. The molecule has 0 saturated heterocycles. The summed E-state index contributed by atoms with van der Waals surface area (Å²) < 4.78 is 67.9. The van der Waals surface area contributed by atoms with Gasteiger partial charge in [-0.1, -0.05) is 254 Å². The number of carbonyl (C=O) groups excluding carboxylic acids is 4. The lowest BCUT2D eigenvalue weighted by atomic mass is 10.0. The van der Waals surface area contributed by atoms with E-state index in [1.54, 1.807) is 0 Å². The third kappa shape index (κ3) is 57.2. The number of rotatable bonds is 61. The van der Waals surface area contributed by atoms with Crippen LogP contribution in [0.2, 0.25) is 0 Å². The van der Waals surface area contributed by atoms with E-state index in [1.165, 1.54) is 103 Å². The summed E-state index contributed by atoms with van der Waals surface area (Å²) in [5, 5.41) is 10.5. The van der Waals surface area contributed by atoms with Crippen molar-refractivity contribution in [2.24, 2.45) is 17.8 Å². The zero-order valence-electron chi connectivity index (χ0n) is 52.9. The molecule has 0 amide bonds. The first-order chi connectivity index (χ1) is 39.2. The standard InChI is InChI=1S/C63H122O17P2/c1-8-9-10-11-20-30-37-44-60(65)73-50-58(80-63(68)47-40-33-26-19-17-23-29-36-43-56(6)7)52-77-81(69,70)75-48-57(64)49-76-82(71,72)78-53-59(51-74-61(66)45-38-31-24-18-16-22-28-35-42-55(4)5)79-62(67)46-39-32-25-15-13-12-14-21-27-34-41-54(2)3/h54-59,64H,8-53H2,1-7H3,(H,69,70)(H,71,72)/t57-,58+,59+/m0/s1. The average Bonchev–Trinajstić information content (AvgIpc) is 3.45. The molecule has 82 heavy (non-hydrogen) atoms. The third-order valence-electron chi connectivity index (χ3n) is 14.4. The van der Waals surface area contributed by atoms with Gasteiger partial charge in [-0.25, -0.2) is 9.13 Å². The second-order valence-corrected chi connectivity index (χ2v) is 27.1. The first-order valence-corrected chi connectivity index (χ1v) is 35.8. The van der Waals surface area contributed by atoms with Gasteiger partial charge in [0.25, 0.3) is 0 Å². The Labute approximate surface area is 498 Å². The number of hydrogen-bond acceptors (Lipinski definition) is 15. The van der Waals surface area contributed by atoms with Crippen molar-refractivity contribution in [2.75, 3.05) is 39.6 Å². The van der Waals surface area contributed by atoms with Crippen LogP contribution in [0, 0.1) is 17.8 Å². The topological polar surface area (TPSA) is 237 Å². The molecule has 0 aliphatic heterocycles. The minimum absolute atomic E-state index is 0.104. The van der Waals surface area contributed by atoms with Crippen LogP contribution in [0.5, 0.6) is 0 Å². The lowest BCUT2D eigenvalue weighted by Crippen LogP contribution is -2.30. The lowest BCUT2D eigenvalue weighted by molar-refractivity contribution is -0.161. The van der Waals surface area contributed by atoms with E-state index in [2.05, 4.69) is 48.5 Å². The minimum Gasteiger partial charge on any atom is -0.462 e. The Balaban J connectivity index is 5.23. The molecular weight excluding hydrogens is 1090 g/mol. The van der Waals surface area contributed by atoms with E-state index >= 15 is 0 Å². The number of ether oxygens (including phenoxy) is 4. The van der Waals surface area contributed by atoms with Gasteiger partial charge in [-0.3, -0.25) is 37.3 Å². The van der Waals surface area contributed by atoms with Gasteiger partial charge in [-0.05, 0) is 43.4 Å². The van der Waals surface area contributed by atoms with Crippen molar-refractivity contribution in [1.29, 1.82) is 0 Å². The molecule has 0 saturated carbocycles. The van der Waals surface area contributed by atoms with Gasteiger partial charge in [0, 0.05) is 25.7 Å². The van der Waals surface area contributed by atoms with Crippen LogP contribution in [0.3, 0.4) is 0 Å². The molecule has 0 heterocycles. The van der Waals surface area contributed by atoms with Crippen LogP contribution < -0.4 is 0 Å². The molecule has 17 nitrogen and oxygen atoms in total. The number of aliphatic hydroxyl groups is 1. The molecule has 2 unspecified atom stereocenters. The molecule has 0 spiro atoms. The molecule has 3 N–H and O–H groups in total. The third-order valence-corrected chi connectivity index (χ3v) is 16.3. The zero-order valence-corrected chi connectivity index (χ0v) is 54.7. The molecule has 0 bridgehead atoms. The number of phosphoric acid groups is 2. The van der Waals surface area contributed by atoms with Crippen LogP contribution in [-0.4, -0.2) is 96.7 Å². The molecule has 486 valence electrons. The smallest absolute Gasteiger partial charge is 0.462 e. The lowest BCUT2D eigenvalue weighted by Gasteiger charge is -2.21. The van der Waals surface area contributed by atoms with E-state index in [-0.39, 0.29) is 25.7 Å². The highest BCUT2D eigenvalue weighted by Crippen LogP contribution is 2.45. The molecule has 0 aliphatic rings. The van der Waals surface area contributed by atoms with Crippen molar-refractivity contribution in [3.8, 4) is 0 Å². The SMILES string of the molecule is CCCCCCCCCC(=O)OC[C@H](COP(=O)(O)OC[C@H](O)COP(=O)(O)OC[C@@H](COC(=O)CCCCCCCCCCC(C)C)OC(=O)CCCCCCCCCCCCC(C)C)OC(=O)CCCCCCCCCCC(C)C. The molecular formula is C63H122O17P2. The highest BCUT2D eigenvalue weighted by molar-refractivity contribution is 7.47. The fraction of sp³-hybridized carbons (Fsp3) is 0.937. The Morgan fingerprint density at radius 3 is 0.829 bits per heavy atom. The maximum Gasteiger partial charge on any atom is 0.472 e. The van der Waals surface area contributed by atoms with Gasteiger partial charge in [0.2, 0.25) is 0 Å². The Morgan fingerprint density at radius 1 is 0.329 bits per heavy atom. The molecule has 0 aromatic heterocycles. The molecule has 0 radical (unpaired) electrons. The van der Waals surface area contributed by atoms with E-state index in [0.29, 0.717) is 25.7 Å². The van der Waals surface area contributed by atoms with Gasteiger partial charge in [0.1, 0.15) is 19.3 Å². The Bertz CT molecular complexity index is 1630. The quantitative estimate of drug-likeness (QED) is 0.0222. The van der Waals surface area contributed by atoms with E-state index in [9.17, 15) is 43.2 Å². The van der Waals surface area contributed by atoms with Gasteiger partial charge in [-0.2, -0.15) is 0 Å². The summed E-state index contributed by atoms with van der Waals surface area (Å²) in [4.78, 5) is 72.1. The van der Waals surface area contributed by atoms with E-state index in [1.807, 2.05) is 0 Å². The summed E-state index contributed by atoms with van der Waals surface area (Å²) in [5.41, 5.74) is 0. The largest absolute Gasteiger partial charge is 0.472 e. The predicted molar refractivity (Wildman–Crippen MR) is 326 cm³/mol. The summed E-state index contributed by atoms with van der Waals surface area (Å²) in [5.74, 6) is 0.0541. The van der Waals surface area contributed by atoms with E-state index in [0.717, 1.165) is 120 Å². The van der Waals surface area contributed by atoms with Crippen molar-refractivity contribution in [3.63, 3.8) is 0 Å². The Kier molecular flexibility index (Phi) is 53.2. The van der Waals surface area contributed by atoms with Gasteiger partial charge in [0.05, 0.1) is 26.4 Å². The second-order valence-electron chi connectivity index (χ2n) is 24.2. The summed E-state index contributed by atoms with van der Waals surface area (Å²) in [6.07, 6.45) is 35.0. The molecule has 0 aromatic rings. The Morgan fingerprint density at radius 2 is 0.561 bits per heavy atom. The maximum atomic E-state index is 13.0. The summed E-state index contributed by atoms with van der Waals surface area (Å²) in [7, 11) is -9.88. The number of phosphoric ester groups is 2. The highest BCUT2D eigenvalue weighted by atomic mass is 31.2. The summed E-state index contributed by atoms with van der Waals surface area (Å²) in [6.45, 7) is 11.7. The number of hydrogen-bond donors (Lipinski definition) is 3. The highest BCUT2D eigenvalue weighted by Gasteiger charge is 2.30. The average molecular weight is 1210 g/mol. The van der Waals surface area contributed by atoms with Crippen LogP contribution in [0.25, 0.3) is 0 Å². The zero-order chi connectivity index (χ0) is 61.0. The van der Waals surface area contributed by atoms with Crippen molar-refractivity contribution in [3.05, 3.63) is 0 Å². The van der Waals surface area contributed by atoms with E-state index in [4.69, 9.17) is 37.0 Å². The van der Waals surface area contributed by atoms with E-state index < -0.39 is 97.5 Å². The monoisotopic (exact) mass is 1210 g/mol. The van der Waals surface area contributed by atoms with Gasteiger partial charge < -0.3 is 33.8 Å². The summed E-state index contributed by atoms with van der Waals surface area (Å²) in [6, 6.07) is 0. The normalized spacial score (nSPS) is 14.4. The van der Waals surface area contributed by atoms with Crippen LogP contribution in [0.15, 0.2) is 0 Å². The summed E-state index contributed by atoms with van der Waals surface area (Å²) >= 11 is 0. The first-order valence-electron chi connectivity index (χ1n) is 32.8. The molecule has 5 atom stereocenters. The minimum atomic E-state index is -4.94. The van der Waals surface area contributed by atoms with Gasteiger partial charge in [0.15, 0.2) is 12.2 Å². The molecule has 0 rings (SSSR count). The van der Waals surface area contributed by atoms with Gasteiger partial charge >= 0.3 is 39.5 Å². The second kappa shape index (κ2) is 54.5. The number of aliphatic hydroxyl groups excluding tert-OH is 1. The number of esters is 4. The van der Waals surface area contributed by atoms with Crippen LogP contribution >= 0.6 is 15.6 Å². The maximum absolute atomic E-state index is 13.0. The molecule has 0 aliphatic carbocycles. The van der Waals surface area contributed by atoms with Crippen molar-refractivity contribution >= 4 is 39.5 Å².